The molecule has 1 aromatic heterocycles. The number of fused-ring (bicyclic) bond motifs is 1. The number of aryl methyl sites for hydroxylation is 1. The molecule has 0 fully saturated rings. The fraction of sp³-hybridized carbons (Fsp3) is 0.500. The molecule has 0 radical (unpaired) electrons. The summed E-state index contributed by atoms with van der Waals surface area (Å²) in [5, 5.41) is 11.2. The number of nitrogens with zero attached hydrogens (tertiary/aromatic N) is 5. The molecule has 0 N–H and O–H groups in total. The maximum absolute atomic E-state index is 3.89. The van der Waals surface area contributed by atoms with Crippen molar-refractivity contribution >= 4 is 11.8 Å². The van der Waals surface area contributed by atoms with Crippen molar-refractivity contribution in [1.29, 1.82) is 0 Å². The number of hydrogen-bond donors (Lipinski definition) is 0. The van der Waals surface area contributed by atoms with Gasteiger partial charge in [-0.15, -0.1) is 16.9 Å². The molecule has 3 rings (SSSR count). The molecule has 0 saturated heterocycles. The van der Waals surface area contributed by atoms with Crippen molar-refractivity contribution in [3.63, 3.8) is 0 Å². The van der Waals surface area contributed by atoms with E-state index in [9.17, 15) is 0 Å². The highest BCUT2D eigenvalue weighted by Gasteiger charge is 2.16. The Morgan fingerprint density at radius 2 is 2.20 bits per heavy atom. The minimum absolute atomic E-state index is 0.891. The highest BCUT2D eigenvalue weighted by molar-refractivity contribution is 7.98. The second kappa shape index (κ2) is 6.37. The fourth-order valence-corrected chi connectivity index (χ4v) is 3.11. The first-order valence-corrected chi connectivity index (χ1v) is 8.16. The van der Waals surface area contributed by atoms with E-state index >= 15 is 0 Å². The van der Waals surface area contributed by atoms with E-state index < -0.39 is 0 Å². The van der Waals surface area contributed by atoms with Gasteiger partial charge in [0.05, 0.1) is 0 Å². The Balaban J connectivity index is 1.53. The average molecular weight is 289 g/mol. The molecule has 0 saturated carbocycles. The number of benzene rings is 1. The van der Waals surface area contributed by atoms with Crippen molar-refractivity contribution in [2.24, 2.45) is 0 Å². The van der Waals surface area contributed by atoms with Crippen LogP contribution in [0, 0.1) is 0 Å². The topological polar surface area (TPSA) is 46.8 Å². The standard InChI is InChI=1S/C14H19N5S/c1-20-14-4-3-13-10-18(8-5-12(13)9-14)6-2-7-19-11-15-16-17-19/h3-4,9,11H,2,5-8,10H2,1H3. The lowest BCUT2D eigenvalue weighted by Gasteiger charge is -2.29. The maximum atomic E-state index is 3.89. The van der Waals surface area contributed by atoms with Crippen molar-refractivity contribution in [3.05, 3.63) is 35.7 Å². The van der Waals surface area contributed by atoms with Crippen molar-refractivity contribution in [3.8, 4) is 0 Å². The van der Waals surface area contributed by atoms with Crippen LogP contribution in [0.5, 0.6) is 0 Å². The van der Waals surface area contributed by atoms with Crippen molar-refractivity contribution in [2.75, 3.05) is 19.3 Å². The summed E-state index contributed by atoms with van der Waals surface area (Å²) in [6.45, 7) is 4.21. The zero-order chi connectivity index (χ0) is 13.8. The Hall–Kier alpha value is -1.40. The summed E-state index contributed by atoms with van der Waals surface area (Å²) in [4.78, 5) is 3.89. The first-order chi connectivity index (χ1) is 9.85. The van der Waals surface area contributed by atoms with Crippen LogP contribution in [0.2, 0.25) is 0 Å². The molecule has 0 bridgehead atoms. The quantitative estimate of drug-likeness (QED) is 0.786. The molecule has 5 nitrogen and oxygen atoms in total. The summed E-state index contributed by atoms with van der Waals surface area (Å²) in [6, 6.07) is 6.86. The van der Waals surface area contributed by atoms with Gasteiger partial charge in [0, 0.05) is 31.1 Å². The molecular formula is C14H19N5S. The lowest BCUT2D eigenvalue weighted by molar-refractivity contribution is 0.244. The van der Waals surface area contributed by atoms with Crippen LogP contribution in [0.15, 0.2) is 29.4 Å². The monoisotopic (exact) mass is 289 g/mol. The third kappa shape index (κ3) is 3.19. The SMILES string of the molecule is CSc1ccc2c(c1)CCN(CCCn1cnnn1)C2. The minimum Gasteiger partial charge on any atom is -0.299 e. The molecular weight excluding hydrogens is 270 g/mol. The van der Waals surface area contributed by atoms with E-state index in [-0.39, 0.29) is 0 Å². The van der Waals surface area contributed by atoms with Crippen molar-refractivity contribution < 1.29 is 0 Å². The number of aromatic nitrogens is 4. The molecule has 0 aliphatic carbocycles. The Bertz CT molecular complexity index is 555. The summed E-state index contributed by atoms with van der Waals surface area (Å²) in [5.74, 6) is 0. The van der Waals surface area contributed by atoms with Crippen LogP contribution in [0.3, 0.4) is 0 Å². The molecule has 6 heteroatoms. The Morgan fingerprint density at radius 1 is 1.25 bits per heavy atom. The second-order valence-electron chi connectivity index (χ2n) is 5.09. The first-order valence-electron chi connectivity index (χ1n) is 6.94. The number of hydrogen-bond acceptors (Lipinski definition) is 5. The molecule has 20 heavy (non-hydrogen) atoms. The molecule has 0 unspecified atom stereocenters. The predicted molar refractivity (Wildman–Crippen MR) is 79.6 cm³/mol. The molecule has 106 valence electrons. The Kier molecular flexibility index (Phi) is 4.32. The van der Waals surface area contributed by atoms with E-state index in [1.54, 1.807) is 11.0 Å². The van der Waals surface area contributed by atoms with Gasteiger partial charge in [-0.1, -0.05) is 6.07 Å². The lowest BCUT2D eigenvalue weighted by atomic mass is 10.00. The van der Waals surface area contributed by atoms with Crippen molar-refractivity contribution in [2.45, 2.75) is 30.8 Å². The highest BCUT2D eigenvalue weighted by atomic mass is 32.2. The normalized spacial score (nSPS) is 15.2. The van der Waals surface area contributed by atoms with Gasteiger partial charge in [-0.3, -0.25) is 4.90 Å². The van der Waals surface area contributed by atoms with Crippen LogP contribution in [0.25, 0.3) is 0 Å². The van der Waals surface area contributed by atoms with Gasteiger partial charge in [-0.05, 0) is 52.8 Å². The van der Waals surface area contributed by atoms with Gasteiger partial charge in [-0.25, -0.2) is 4.68 Å². The first kappa shape index (κ1) is 13.6. The second-order valence-corrected chi connectivity index (χ2v) is 5.97. The van der Waals surface area contributed by atoms with Crippen LogP contribution in [-0.4, -0.2) is 44.5 Å². The summed E-state index contributed by atoms with van der Waals surface area (Å²) in [5.41, 5.74) is 3.00. The molecule has 1 aliphatic rings. The van der Waals surface area contributed by atoms with E-state index in [0.717, 1.165) is 39.0 Å². The maximum Gasteiger partial charge on any atom is 0.138 e. The molecule has 1 aliphatic heterocycles. The van der Waals surface area contributed by atoms with Gasteiger partial charge >= 0.3 is 0 Å². The number of rotatable bonds is 5. The van der Waals surface area contributed by atoms with E-state index in [1.807, 2.05) is 11.8 Å². The van der Waals surface area contributed by atoms with Gasteiger partial charge < -0.3 is 0 Å². The van der Waals surface area contributed by atoms with Gasteiger partial charge in [-0.2, -0.15) is 0 Å². The van der Waals surface area contributed by atoms with Crippen LogP contribution < -0.4 is 0 Å². The van der Waals surface area contributed by atoms with Crippen LogP contribution in [-0.2, 0) is 19.5 Å². The molecule has 0 amide bonds. The molecule has 0 spiro atoms. The van der Waals surface area contributed by atoms with Crippen LogP contribution in [0.1, 0.15) is 17.5 Å². The molecule has 2 heterocycles. The largest absolute Gasteiger partial charge is 0.299 e. The summed E-state index contributed by atoms with van der Waals surface area (Å²) < 4.78 is 1.79. The minimum atomic E-state index is 0.891. The average Bonchev–Trinajstić information content (AvgIpc) is 3.00. The molecule has 0 atom stereocenters. The summed E-state index contributed by atoms with van der Waals surface area (Å²) in [7, 11) is 0. The Morgan fingerprint density at radius 3 is 3.00 bits per heavy atom. The van der Waals surface area contributed by atoms with E-state index in [1.165, 1.54) is 16.0 Å². The van der Waals surface area contributed by atoms with Crippen molar-refractivity contribution in [1.82, 2.24) is 25.1 Å². The third-order valence-electron chi connectivity index (χ3n) is 3.76. The summed E-state index contributed by atoms with van der Waals surface area (Å²) >= 11 is 1.82. The van der Waals surface area contributed by atoms with E-state index in [4.69, 9.17) is 0 Å². The van der Waals surface area contributed by atoms with Gasteiger partial charge in [0.25, 0.3) is 0 Å². The van der Waals surface area contributed by atoms with E-state index in [0.29, 0.717) is 0 Å². The Labute approximate surface area is 123 Å². The lowest BCUT2D eigenvalue weighted by Crippen LogP contribution is -2.31. The fourth-order valence-electron chi connectivity index (χ4n) is 2.64. The third-order valence-corrected chi connectivity index (χ3v) is 4.48. The van der Waals surface area contributed by atoms with Gasteiger partial charge in [0.15, 0.2) is 0 Å². The molecule has 2 aromatic rings. The molecule has 1 aromatic carbocycles. The van der Waals surface area contributed by atoms with Gasteiger partial charge in [0.1, 0.15) is 6.33 Å². The van der Waals surface area contributed by atoms with E-state index in [2.05, 4.69) is 44.9 Å². The van der Waals surface area contributed by atoms with Crippen LogP contribution in [0.4, 0.5) is 0 Å². The predicted octanol–water partition coefficient (Wildman–Crippen LogP) is 1.84. The smallest absolute Gasteiger partial charge is 0.138 e. The number of thioether (sulfide) groups is 1. The summed E-state index contributed by atoms with van der Waals surface area (Å²) in [6.07, 6.45) is 6.06. The number of tetrazole rings is 1. The zero-order valence-corrected chi connectivity index (χ0v) is 12.5. The van der Waals surface area contributed by atoms with Crippen LogP contribution >= 0.6 is 11.8 Å². The van der Waals surface area contributed by atoms with Gasteiger partial charge in [0.2, 0.25) is 0 Å². The highest BCUT2D eigenvalue weighted by Crippen LogP contribution is 2.24. The zero-order valence-electron chi connectivity index (χ0n) is 11.7.